The van der Waals surface area contributed by atoms with Crippen LogP contribution in [0.4, 0.5) is 0 Å². The van der Waals surface area contributed by atoms with E-state index in [2.05, 4.69) is 24.1 Å². The predicted molar refractivity (Wildman–Crippen MR) is 94.2 cm³/mol. The van der Waals surface area contributed by atoms with Crippen molar-refractivity contribution < 1.29 is 4.79 Å². The first-order chi connectivity index (χ1) is 11.4. The van der Waals surface area contributed by atoms with Crippen LogP contribution in [0, 0.1) is 19.8 Å². The molecule has 24 heavy (non-hydrogen) atoms. The molecule has 2 heterocycles. The molecule has 2 aromatic rings. The highest BCUT2D eigenvalue weighted by Crippen LogP contribution is 2.05. The van der Waals surface area contributed by atoms with E-state index in [1.165, 1.54) is 0 Å². The Hall–Kier alpha value is -2.37. The minimum absolute atomic E-state index is 0.216. The van der Waals surface area contributed by atoms with Gasteiger partial charge in [-0.3, -0.25) is 9.59 Å². The van der Waals surface area contributed by atoms with Gasteiger partial charge in [-0.25, -0.2) is 4.98 Å². The zero-order valence-corrected chi connectivity index (χ0v) is 14.9. The average Bonchev–Trinajstić information content (AvgIpc) is 2.92. The first kappa shape index (κ1) is 18.0. The fraction of sp³-hybridized carbons (Fsp3) is 0.500. The number of hydrogen-bond donors (Lipinski definition) is 1. The zero-order valence-electron chi connectivity index (χ0n) is 14.9. The van der Waals surface area contributed by atoms with Crippen LogP contribution in [-0.2, 0) is 13.1 Å². The summed E-state index contributed by atoms with van der Waals surface area (Å²) in [6.07, 6.45) is 6.27. The van der Waals surface area contributed by atoms with Gasteiger partial charge in [0.05, 0.1) is 0 Å². The smallest absolute Gasteiger partial charge is 0.263 e. The molecule has 1 N–H and O–H groups in total. The topological polar surface area (TPSA) is 68.9 Å². The normalized spacial score (nSPS) is 11.0. The zero-order chi connectivity index (χ0) is 17.7. The molecule has 130 valence electrons. The summed E-state index contributed by atoms with van der Waals surface area (Å²) in [4.78, 5) is 29.2. The highest BCUT2D eigenvalue weighted by Gasteiger charge is 2.15. The summed E-state index contributed by atoms with van der Waals surface area (Å²) in [5, 5.41) is 2.84. The van der Waals surface area contributed by atoms with Crippen molar-refractivity contribution in [3.63, 3.8) is 0 Å². The van der Waals surface area contributed by atoms with Crippen molar-refractivity contribution in [1.29, 1.82) is 0 Å². The molecule has 0 aliphatic rings. The van der Waals surface area contributed by atoms with Crippen molar-refractivity contribution >= 4 is 5.91 Å². The quantitative estimate of drug-likeness (QED) is 0.845. The van der Waals surface area contributed by atoms with Crippen LogP contribution in [0.1, 0.15) is 42.0 Å². The molecule has 0 radical (unpaired) electrons. The van der Waals surface area contributed by atoms with Crippen molar-refractivity contribution in [3.05, 3.63) is 52.0 Å². The molecular weight excluding hydrogens is 304 g/mol. The standard InChI is InChI=1S/C18H26N4O2/c1-13(2)5-9-22-10-6-14(3)16(18(22)24)17(23)20-8-12-21-11-7-19-15(21)4/h6-7,10-11,13H,5,8-9,12H2,1-4H3,(H,20,23). The Kier molecular flexibility index (Phi) is 5.95. The van der Waals surface area contributed by atoms with Crippen molar-refractivity contribution in [2.75, 3.05) is 6.54 Å². The maximum Gasteiger partial charge on any atom is 0.263 e. The molecule has 0 aliphatic heterocycles. The Morgan fingerprint density at radius 2 is 1.96 bits per heavy atom. The number of imidazole rings is 1. The third-order valence-electron chi connectivity index (χ3n) is 4.11. The van der Waals surface area contributed by atoms with Gasteiger partial charge in [0.2, 0.25) is 0 Å². The largest absolute Gasteiger partial charge is 0.350 e. The van der Waals surface area contributed by atoms with E-state index < -0.39 is 0 Å². The second-order valence-corrected chi connectivity index (χ2v) is 6.48. The Morgan fingerprint density at radius 1 is 1.21 bits per heavy atom. The van der Waals surface area contributed by atoms with Crippen LogP contribution in [-0.4, -0.2) is 26.6 Å². The molecular formula is C18H26N4O2. The van der Waals surface area contributed by atoms with Gasteiger partial charge in [0, 0.05) is 38.2 Å². The molecule has 0 unspecified atom stereocenters. The number of amides is 1. The summed E-state index contributed by atoms with van der Waals surface area (Å²) in [6.45, 7) is 9.65. The van der Waals surface area contributed by atoms with E-state index in [1.54, 1.807) is 23.9 Å². The molecule has 2 aromatic heterocycles. The maximum atomic E-state index is 12.6. The molecule has 6 heteroatoms. The third kappa shape index (κ3) is 4.34. The van der Waals surface area contributed by atoms with Crippen LogP contribution in [0.2, 0.25) is 0 Å². The lowest BCUT2D eigenvalue weighted by molar-refractivity contribution is 0.0949. The summed E-state index contributed by atoms with van der Waals surface area (Å²) < 4.78 is 3.58. The van der Waals surface area contributed by atoms with Crippen molar-refractivity contribution in [1.82, 2.24) is 19.4 Å². The van der Waals surface area contributed by atoms with Crippen LogP contribution in [0.3, 0.4) is 0 Å². The SMILES string of the molecule is Cc1ccn(CCC(C)C)c(=O)c1C(=O)NCCn1ccnc1C. The number of carbonyl (C=O) groups is 1. The van der Waals surface area contributed by atoms with Gasteiger partial charge in [0.25, 0.3) is 11.5 Å². The Labute approximate surface area is 142 Å². The minimum atomic E-state index is -0.311. The summed E-state index contributed by atoms with van der Waals surface area (Å²) >= 11 is 0. The number of rotatable bonds is 7. The van der Waals surface area contributed by atoms with E-state index in [9.17, 15) is 9.59 Å². The van der Waals surface area contributed by atoms with Gasteiger partial charge in [0.15, 0.2) is 0 Å². The van der Waals surface area contributed by atoms with Gasteiger partial charge in [0.1, 0.15) is 11.4 Å². The number of aromatic nitrogens is 3. The van der Waals surface area contributed by atoms with E-state index in [-0.39, 0.29) is 17.0 Å². The first-order valence-corrected chi connectivity index (χ1v) is 8.36. The molecule has 2 rings (SSSR count). The Bertz CT molecular complexity index is 759. The molecule has 1 amide bonds. The molecule has 0 bridgehead atoms. The van der Waals surface area contributed by atoms with Crippen LogP contribution in [0.25, 0.3) is 0 Å². The summed E-state index contributed by atoms with van der Waals surface area (Å²) in [7, 11) is 0. The van der Waals surface area contributed by atoms with E-state index in [1.807, 2.05) is 23.8 Å². The lowest BCUT2D eigenvalue weighted by Crippen LogP contribution is -2.35. The number of hydrogen-bond acceptors (Lipinski definition) is 3. The van der Waals surface area contributed by atoms with Crippen LogP contribution < -0.4 is 10.9 Å². The van der Waals surface area contributed by atoms with Gasteiger partial charge in [-0.1, -0.05) is 13.8 Å². The van der Waals surface area contributed by atoms with Gasteiger partial charge >= 0.3 is 0 Å². The van der Waals surface area contributed by atoms with Crippen molar-refractivity contribution in [3.8, 4) is 0 Å². The molecule has 6 nitrogen and oxygen atoms in total. The average molecular weight is 330 g/mol. The molecule has 0 fully saturated rings. The maximum absolute atomic E-state index is 12.6. The second-order valence-electron chi connectivity index (χ2n) is 6.48. The van der Waals surface area contributed by atoms with E-state index in [4.69, 9.17) is 0 Å². The third-order valence-corrected chi connectivity index (χ3v) is 4.11. The number of aryl methyl sites for hydroxylation is 3. The van der Waals surface area contributed by atoms with Crippen LogP contribution >= 0.6 is 0 Å². The molecule has 0 atom stereocenters. The Morgan fingerprint density at radius 3 is 2.58 bits per heavy atom. The lowest BCUT2D eigenvalue weighted by atomic mass is 10.1. The van der Waals surface area contributed by atoms with Gasteiger partial charge in [-0.2, -0.15) is 0 Å². The molecule has 0 saturated heterocycles. The highest BCUT2D eigenvalue weighted by atomic mass is 16.2. The Balaban J connectivity index is 2.06. The van der Waals surface area contributed by atoms with Gasteiger partial charge < -0.3 is 14.5 Å². The fourth-order valence-electron chi connectivity index (χ4n) is 2.53. The molecule has 0 aromatic carbocycles. The summed E-state index contributed by atoms with van der Waals surface area (Å²) in [5.74, 6) is 1.10. The number of nitrogens with one attached hydrogen (secondary N) is 1. The minimum Gasteiger partial charge on any atom is -0.350 e. The van der Waals surface area contributed by atoms with E-state index in [0.29, 0.717) is 31.1 Å². The predicted octanol–water partition coefficient (Wildman–Crippen LogP) is 2.14. The van der Waals surface area contributed by atoms with Gasteiger partial charge in [-0.05, 0) is 37.8 Å². The molecule has 0 spiro atoms. The summed E-state index contributed by atoms with van der Waals surface area (Å²) in [5.41, 5.74) is 0.729. The lowest BCUT2D eigenvalue weighted by Gasteiger charge is -2.12. The number of nitrogens with zero attached hydrogens (tertiary/aromatic N) is 3. The van der Waals surface area contributed by atoms with Crippen molar-refractivity contribution in [2.45, 2.75) is 47.2 Å². The van der Waals surface area contributed by atoms with Crippen LogP contribution in [0.15, 0.2) is 29.5 Å². The fourth-order valence-corrected chi connectivity index (χ4v) is 2.53. The second kappa shape index (κ2) is 7.95. The number of carbonyl (C=O) groups excluding carboxylic acids is 1. The van der Waals surface area contributed by atoms with Crippen LogP contribution in [0.5, 0.6) is 0 Å². The summed E-state index contributed by atoms with van der Waals surface area (Å²) in [6, 6.07) is 1.83. The molecule has 0 saturated carbocycles. The highest BCUT2D eigenvalue weighted by molar-refractivity contribution is 5.95. The monoisotopic (exact) mass is 330 g/mol. The van der Waals surface area contributed by atoms with E-state index in [0.717, 1.165) is 12.2 Å². The molecule has 0 aliphatic carbocycles. The van der Waals surface area contributed by atoms with E-state index >= 15 is 0 Å². The first-order valence-electron chi connectivity index (χ1n) is 8.36. The number of pyridine rings is 1. The van der Waals surface area contributed by atoms with Crippen molar-refractivity contribution in [2.24, 2.45) is 5.92 Å². The van der Waals surface area contributed by atoms with Gasteiger partial charge in [-0.15, -0.1) is 0 Å².